The van der Waals surface area contributed by atoms with Crippen LogP contribution in [0.15, 0.2) is 34.8 Å². The van der Waals surface area contributed by atoms with Gasteiger partial charge < -0.3 is 5.73 Å². The van der Waals surface area contributed by atoms with Crippen molar-refractivity contribution in [2.45, 2.75) is 19.4 Å². The molecule has 2 rings (SSSR count). The van der Waals surface area contributed by atoms with Gasteiger partial charge in [0, 0.05) is 14.2 Å². The zero-order valence-corrected chi connectivity index (χ0v) is 12.6. The van der Waals surface area contributed by atoms with Crippen molar-refractivity contribution in [1.29, 1.82) is 0 Å². The molecule has 1 aromatic carbocycles. The summed E-state index contributed by atoms with van der Waals surface area (Å²) in [7, 11) is 0. The Morgan fingerprint density at radius 2 is 2.12 bits per heavy atom. The molecule has 0 radical (unpaired) electrons. The molecule has 2 aromatic rings. The number of halogens is 2. The van der Waals surface area contributed by atoms with Crippen molar-refractivity contribution < 1.29 is 0 Å². The van der Waals surface area contributed by atoms with E-state index in [1.165, 1.54) is 9.75 Å². The number of aryl methyl sites for hydroxylation is 1. The van der Waals surface area contributed by atoms with Crippen molar-refractivity contribution in [2.24, 2.45) is 5.73 Å². The molecule has 2 N–H and O–H groups in total. The van der Waals surface area contributed by atoms with Gasteiger partial charge in [-0.15, -0.1) is 11.3 Å². The molecule has 0 fully saturated rings. The first kappa shape index (κ1) is 13.1. The normalized spacial score (nSPS) is 12.7. The quantitative estimate of drug-likeness (QED) is 0.861. The number of nitrogens with two attached hydrogens (primary N) is 1. The molecule has 0 aliphatic rings. The minimum Gasteiger partial charge on any atom is -0.320 e. The Morgan fingerprint density at radius 3 is 2.71 bits per heavy atom. The van der Waals surface area contributed by atoms with Crippen LogP contribution in [0.4, 0.5) is 0 Å². The van der Waals surface area contributed by atoms with Gasteiger partial charge in [0.1, 0.15) is 0 Å². The lowest BCUT2D eigenvalue weighted by atomic mass is 10.1. The van der Waals surface area contributed by atoms with Gasteiger partial charge in [0.05, 0.1) is 11.1 Å². The molecule has 0 saturated heterocycles. The summed E-state index contributed by atoms with van der Waals surface area (Å²) in [6, 6.07) is 10.0. The zero-order chi connectivity index (χ0) is 12.4. The summed E-state index contributed by atoms with van der Waals surface area (Å²) < 4.78 is 0.899. The Labute approximate surface area is 119 Å². The number of thiophene rings is 1. The van der Waals surface area contributed by atoms with Gasteiger partial charge in [-0.25, -0.2) is 0 Å². The van der Waals surface area contributed by atoms with E-state index in [1.807, 2.05) is 18.2 Å². The van der Waals surface area contributed by atoms with E-state index in [4.69, 9.17) is 17.3 Å². The predicted molar refractivity (Wildman–Crippen MR) is 78.9 cm³/mol. The molecule has 0 saturated carbocycles. The summed E-state index contributed by atoms with van der Waals surface area (Å²) in [6.07, 6.45) is 1.05. The van der Waals surface area contributed by atoms with Crippen molar-refractivity contribution >= 4 is 38.9 Å². The zero-order valence-electron chi connectivity index (χ0n) is 9.41. The fourth-order valence-corrected chi connectivity index (χ4v) is 3.04. The predicted octanol–water partition coefficient (Wildman–Crippen LogP) is 4.77. The lowest BCUT2D eigenvalue weighted by Gasteiger charge is -2.10. The third-order valence-corrected chi connectivity index (χ3v) is 5.19. The van der Waals surface area contributed by atoms with Gasteiger partial charge in [0.25, 0.3) is 0 Å². The van der Waals surface area contributed by atoms with Crippen LogP contribution in [0.1, 0.15) is 28.3 Å². The fraction of sp³-hybridized carbons (Fsp3) is 0.231. The molecular formula is C13H13BrClNS. The smallest absolute Gasteiger partial charge is 0.0646 e. The average Bonchev–Trinajstić information content (AvgIpc) is 2.80. The highest BCUT2D eigenvalue weighted by Gasteiger charge is 2.12. The minimum atomic E-state index is -0.0918. The van der Waals surface area contributed by atoms with Crippen molar-refractivity contribution in [3.8, 4) is 0 Å². The van der Waals surface area contributed by atoms with E-state index in [9.17, 15) is 0 Å². The molecule has 0 aliphatic carbocycles. The second kappa shape index (κ2) is 5.53. The van der Waals surface area contributed by atoms with Crippen LogP contribution in [0.3, 0.4) is 0 Å². The molecule has 1 atom stereocenters. The van der Waals surface area contributed by atoms with Crippen LogP contribution in [0.5, 0.6) is 0 Å². The monoisotopic (exact) mass is 329 g/mol. The lowest BCUT2D eigenvalue weighted by Crippen LogP contribution is -2.09. The Kier molecular flexibility index (Phi) is 4.26. The van der Waals surface area contributed by atoms with Gasteiger partial charge in [-0.1, -0.05) is 24.6 Å². The van der Waals surface area contributed by atoms with E-state index in [0.29, 0.717) is 5.02 Å². The minimum absolute atomic E-state index is 0.0918. The molecular weight excluding hydrogens is 318 g/mol. The summed E-state index contributed by atoms with van der Waals surface area (Å²) in [6.45, 7) is 2.15. The molecule has 1 heterocycles. The van der Waals surface area contributed by atoms with Gasteiger partial charge in [0.15, 0.2) is 0 Å². The molecule has 17 heavy (non-hydrogen) atoms. The van der Waals surface area contributed by atoms with Crippen LogP contribution in [0.2, 0.25) is 5.02 Å². The van der Waals surface area contributed by atoms with Crippen LogP contribution >= 0.6 is 38.9 Å². The largest absolute Gasteiger partial charge is 0.320 e. The van der Waals surface area contributed by atoms with E-state index in [-0.39, 0.29) is 6.04 Å². The third-order valence-electron chi connectivity index (χ3n) is 2.64. The maximum absolute atomic E-state index is 6.24. The third kappa shape index (κ3) is 2.91. The molecule has 0 amide bonds. The molecule has 0 bridgehead atoms. The number of hydrogen-bond donors (Lipinski definition) is 1. The van der Waals surface area contributed by atoms with E-state index >= 15 is 0 Å². The van der Waals surface area contributed by atoms with Crippen LogP contribution in [-0.4, -0.2) is 0 Å². The summed E-state index contributed by atoms with van der Waals surface area (Å²) in [5.74, 6) is 0. The number of rotatable bonds is 3. The van der Waals surface area contributed by atoms with E-state index in [1.54, 1.807) is 11.3 Å². The Bertz CT molecular complexity index is 524. The molecule has 1 nitrogen and oxygen atoms in total. The lowest BCUT2D eigenvalue weighted by molar-refractivity contribution is 0.893. The first-order valence-corrected chi connectivity index (χ1v) is 7.39. The van der Waals surface area contributed by atoms with Crippen molar-refractivity contribution in [3.05, 3.63) is 55.1 Å². The Hall–Kier alpha value is -0.350. The van der Waals surface area contributed by atoms with E-state index in [2.05, 4.69) is 35.0 Å². The second-order valence-electron chi connectivity index (χ2n) is 3.81. The number of hydrogen-bond acceptors (Lipinski definition) is 2. The van der Waals surface area contributed by atoms with Crippen molar-refractivity contribution in [3.63, 3.8) is 0 Å². The van der Waals surface area contributed by atoms with Gasteiger partial charge >= 0.3 is 0 Å². The van der Waals surface area contributed by atoms with E-state index < -0.39 is 0 Å². The summed E-state index contributed by atoms with van der Waals surface area (Å²) >= 11 is 11.2. The first-order valence-electron chi connectivity index (χ1n) is 5.41. The van der Waals surface area contributed by atoms with Crippen LogP contribution in [0.25, 0.3) is 0 Å². The van der Waals surface area contributed by atoms with Crippen molar-refractivity contribution in [1.82, 2.24) is 0 Å². The Morgan fingerprint density at radius 1 is 1.35 bits per heavy atom. The average molecular weight is 331 g/mol. The van der Waals surface area contributed by atoms with Gasteiger partial charge in [-0.05, 0) is 52.2 Å². The first-order chi connectivity index (χ1) is 8.11. The molecule has 0 spiro atoms. The fourth-order valence-electron chi connectivity index (χ4n) is 1.62. The van der Waals surface area contributed by atoms with E-state index in [0.717, 1.165) is 16.5 Å². The highest BCUT2D eigenvalue weighted by molar-refractivity contribution is 9.10. The second-order valence-corrected chi connectivity index (χ2v) is 6.27. The summed E-state index contributed by atoms with van der Waals surface area (Å²) in [5, 5.41) is 0.699. The van der Waals surface area contributed by atoms with Crippen LogP contribution in [-0.2, 0) is 6.42 Å². The van der Waals surface area contributed by atoms with Crippen LogP contribution < -0.4 is 5.73 Å². The van der Waals surface area contributed by atoms with Gasteiger partial charge in [-0.2, -0.15) is 0 Å². The summed E-state index contributed by atoms with van der Waals surface area (Å²) in [5.41, 5.74) is 7.28. The molecule has 0 aliphatic heterocycles. The summed E-state index contributed by atoms with van der Waals surface area (Å²) in [4.78, 5) is 2.54. The molecule has 90 valence electrons. The maximum atomic E-state index is 6.24. The molecule has 1 aromatic heterocycles. The van der Waals surface area contributed by atoms with Crippen LogP contribution in [0, 0.1) is 0 Å². The topological polar surface area (TPSA) is 26.0 Å². The highest BCUT2D eigenvalue weighted by atomic mass is 79.9. The van der Waals surface area contributed by atoms with Gasteiger partial charge in [-0.3, -0.25) is 0 Å². The highest BCUT2D eigenvalue weighted by Crippen LogP contribution is 2.30. The Balaban J connectivity index is 2.29. The molecule has 1 unspecified atom stereocenters. The van der Waals surface area contributed by atoms with Crippen molar-refractivity contribution in [2.75, 3.05) is 0 Å². The standard InChI is InChI=1S/C13H13BrClNS/c1-2-9-4-6-12(17-9)13(16)8-3-5-10(14)11(15)7-8/h3-7,13H,2,16H2,1H3. The molecule has 4 heteroatoms. The maximum Gasteiger partial charge on any atom is 0.0646 e. The van der Waals surface area contributed by atoms with Gasteiger partial charge in [0.2, 0.25) is 0 Å². The number of benzene rings is 1. The SMILES string of the molecule is CCc1ccc(C(N)c2ccc(Br)c(Cl)c2)s1.